The second-order valence-electron chi connectivity index (χ2n) is 6.40. The lowest BCUT2D eigenvalue weighted by Crippen LogP contribution is -2.44. The highest BCUT2D eigenvalue weighted by atomic mass is 127. The summed E-state index contributed by atoms with van der Waals surface area (Å²) in [5, 5.41) is 3.01. The van der Waals surface area contributed by atoms with E-state index in [0.29, 0.717) is 18.8 Å². The molecule has 1 saturated heterocycles. The average molecular weight is 458 g/mol. The van der Waals surface area contributed by atoms with Crippen LogP contribution in [0, 0.1) is 9.49 Å². The summed E-state index contributed by atoms with van der Waals surface area (Å²) in [5.41, 5.74) is 0. The molecule has 1 fully saturated rings. The quantitative estimate of drug-likeness (QED) is 0.481. The Kier molecular flexibility index (Phi) is 8.51. The lowest BCUT2D eigenvalue weighted by atomic mass is 9.96. The van der Waals surface area contributed by atoms with Crippen LogP contribution in [0.1, 0.15) is 39.0 Å². The summed E-state index contributed by atoms with van der Waals surface area (Å²) < 4.78 is 6.68. The van der Waals surface area contributed by atoms with Crippen molar-refractivity contribution in [1.29, 1.82) is 0 Å². The van der Waals surface area contributed by atoms with Crippen molar-refractivity contribution >= 4 is 34.4 Å². The molecule has 138 valence electrons. The fourth-order valence-corrected chi connectivity index (χ4v) is 3.25. The number of amides is 2. The molecule has 6 heteroatoms. The van der Waals surface area contributed by atoms with E-state index in [0.717, 1.165) is 42.2 Å². The second-order valence-corrected chi connectivity index (χ2v) is 7.64. The first kappa shape index (κ1) is 20.0. The average Bonchev–Trinajstić information content (AvgIpc) is 2.64. The lowest BCUT2D eigenvalue weighted by molar-refractivity contribution is -0.137. The van der Waals surface area contributed by atoms with E-state index < -0.39 is 0 Å². The van der Waals surface area contributed by atoms with Crippen molar-refractivity contribution < 1.29 is 14.3 Å². The summed E-state index contributed by atoms with van der Waals surface area (Å²) in [4.78, 5) is 26.2. The van der Waals surface area contributed by atoms with Gasteiger partial charge in [0, 0.05) is 29.1 Å². The third kappa shape index (κ3) is 6.84. The number of nitrogens with one attached hydrogen (secondary N) is 1. The van der Waals surface area contributed by atoms with E-state index in [1.165, 1.54) is 0 Å². The van der Waals surface area contributed by atoms with E-state index in [2.05, 4.69) is 34.8 Å². The van der Waals surface area contributed by atoms with Gasteiger partial charge in [0.15, 0.2) is 6.61 Å². The van der Waals surface area contributed by atoms with Gasteiger partial charge in [0.05, 0.1) is 0 Å². The molecular formula is C19H27IN2O3. The number of carbonyl (C=O) groups excluding carboxylic acids is 2. The first-order chi connectivity index (χ1) is 12.1. The van der Waals surface area contributed by atoms with Crippen LogP contribution in [0.2, 0.25) is 0 Å². The van der Waals surface area contributed by atoms with E-state index in [1.54, 1.807) is 4.90 Å². The van der Waals surface area contributed by atoms with Crippen molar-refractivity contribution in [2.75, 3.05) is 26.2 Å². The molecule has 2 rings (SSSR count). The number of hydrogen-bond acceptors (Lipinski definition) is 3. The van der Waals surface area contributed by atoms with Crippen LogP contribution < -0.4 is 10.1 Å². The first-order valence-electron chi connectivity index (χ1n) is 9.04. The zero-order chi connectivity index (χ0) is 18.1. The predicted octanol–water partition coefficient (Wildman–Crippen LogP) is 3.22. The summed E-state index contributed by atoms with van der Waals surface area (Å²) in [7, 11) is 0. The van der Waals surface area contributed by atoms with Gasteiger partial charge in [-0.25, -0.2) is 0 Å². The number of nitrogens with zero attached hydrogens (tertiary/aromatic N) is 1. The van der Waals surface area contributed by atoms with Gasteiger partial charge in [-0.2, -0.15) is 0 Å². The standard InChI is InChI=1S/C19H27IN2O3/c1-2-3-4-11-21-19(24)15-9-12-22(13-10-15)18(23)14-25-17-7-5-16(20)6-8-17/h5-8,15H,2-4,9-14H2,1H3,(H,21,24). The van der Waals surface area contributed by atoms with Crippen molar-refractivity contribution in [1.82, 2.24) is 10.2 Å². The minimum absolute atomic E-state index is 0.0136. The van der Waals surface area contributed by atoms with Crippen LogP contribution in [0.15, 0.2) is 24.3 Å². The molecule has 5 nitrogen and oxygen atoms in total. The van der Waals surface area contributed by atoms with E-state index in [9.17, 15) is 9.59 Å². The Bertz CT molecular complexity index is 554. The zero-order valence-corrected chi connectivity index (χ0v) is 17.0. The smallest absolute Gasteiger partial charge is 0.260 e. The molecule has 0 bridgehead atoms. The molecule has 1 aliphatic heterocycles. The number of ether oxygens (including phenoxy) is 1. The number of hydrogen-bond donors (Lipinski definition) is 1. The SMILES string of the molecule is CCCCCNC(=O)C1CCN(C(=O)COc2ccc(I)cc2)CC1. The largest absolute Gasteiger partial charge is 0.484 e. The Morgan fingerprint density at radius 2 is 1.88 bits per heavy atom. The zero-order valence-electron chi connectivity index (χ0n) is 14.8. The maximum Gasteiger partial charge on any atom is 0.260 e. The van der Waals surface area contributed by atoms with Gasteiger partial charge in [0.2, 0.25) is 5.91 Å². The fourth-order valence-electron chi connectivity index (χ4n) is 2.89. The number of benzene rings is 1. The molecule has 0 aliphatic carbocycles. The van der Waals surface area contributed by atoms with Crippen LogP contribution in [-0.4, -0.2) is 43.0 Å². The van der Waals surface area contributed by atoms with Gasteiger partial charge in [-0.3, -0.25) is 9.59 Å². The number of rotatable bonds is 8. The number of unbranched alkanes of at least 4 members (excludes halogenated alkanes) is 2. The van der Waals surface area contributed by atoms with Crippen molar-refractivity contribution in [3.8, 4) is 5.75 Å². The van der Waals surface area contributed by atoms with Gasteiger partial charge >= 0.3 is 0 Å². The molecule has 0 atom stereocenters. The van der Waals surface area contributed by atoms with Gasteiger partial charge < -0.3 is 15.0 Å². The summed E-state index contributed by atoms with van der Waals surface area (Å²) in [6.45, 7) is 4.21. The monoisotopic (exact) mass is 458 g/mol. The number of piperidine rings is 1. The van der Waals surface area contributed by atoms with Crippen molar-refractivity contribution in [2.45, 2.75) is 39.0 Å². The van der Waals surface area contributed by atoms with E-state index >= 15 is 0 Å². The van der Waals surface area contributed by atoms with Crippen molar-refractivity contribution in [3.05, 3.63) is 27.8 Å². The Morgan fingerprint density at radius 3 is 2.52 bits per heavy atom. The molecule has 0 spiro atoms. The minimum Gasteiger partial charge on any atom is -0.484 e. The van der Waals surface area contributed by atoms with Crippen LogP contribution in [0.25, 0.3) is 0 Å². The number of likely N-dealkylation sites (tertiary alicyclic amines) is 1. The highest BCUT2D eigenvalue weighted by Crippen LogP contribution is 2.18. The summed E-state index contributed by atoms with van der Waals surface area (Å²) >= 11 is 2.23. The molecule has 1 aromatic rings. The molecule has 2 amide bonds. The highest BCUT2D eigenvalue weighted by molar-refractivity contribution is 14.1. The Hall–Kier alpha value is -1.31. The van der Waals surface area contributed by atoms with Gasteiger partial charge in [-0.05, 0) is 66.1 Å². The Labute approximate surface area is 163 Å². The highest BCUT2D eigenvalue weighted by Gasteiger charge is 2.27. The molecule has 1 aliphatic rings. The van der Waals surface area contributed by atoms with E-state index in [4.69, 9.17) is 4.74 Å². The van der Waals surface area contributed by atoms with Gasteiger partial charge in [0.25, 0.3) is 5.91 Å². The van der Waals surface area contributed by atoms with Crippen LogP contribution >= 0.6 is 22.6 Å². The minimum atomic E-state index is -0.0136. The van der Waals surface area contributed by atoms with Crippen molar-refractivity contribution in [3.63, 3.8) is 0 Å². The molecule has 0 aromatic heterocycles. The van der Waals surface area contributed by atoms with Gasteiger partial charge in [-0.1, -0.05) is 19.8 Å². The normalized spacial score (nSPS) is 15.0. The molecule has 1 aromatic carbocycles. The molecule has 1 heterocycles. The second kappa shape index (κ2) is 10.6. The molecular weight excluding hydrogens is 431 g/mol. The van der Waals surface area contributed by atoms with Gasteiger partial charge in [-0.15, -0.1) is 0 Å². The number of halogens is 1. The maximum atomic E-state index is 12.3. The third-order valence-electron chi connectivity index (χ3n) is 4.47. The van der Waals surface area contributed by atoms with E-state index in [-0.39, 0.29) is 24.3 Å². The maximum absolute atomic E-state index is 12.3. The number of carbonyl (C=O) groups is 2. The molecule has 1 N–H and O–H groups in total. The molecule has 0 radical (unpaired) electrons. The van der Waals surface area contributed by atoms with Crippen molar-refractivity contribution in [2.24, 2.45) is 5.92 Å². The molecule has 0 saturated carbocycles. The lowest BCUT2D eigenvalue weighted by Gasteiger charge is -2.31. The van der Waals surface area contributed by atoms with Crippen LogP contribution in [0.3, 0.4) is 0 Å². The molecule has 25 heavy (non-hydrogen) atoms. The third-order valence-corrected chi connectivity index (χ3v) is 5.19. The molecule has 0 unspecified atom stereocenters. The Balaban J connectivity index is 1.67. The fraction of sp³-hybridized carbons (Fsp3) is 0.579. The van der Waals surface area contributed by atoms with Crippen LogP contribution in [0.4, 0.5) is 0 Å². The summed E-state index contributed by atoms with van der Waals surface area (Å²) in [6, 6.07) is 7.63. The predicted molar refractivity (Wildman–Crippen MR) is 106 cm³/mol. The van der Waals surface area contributed by atoms with Crippen LogP contribution in [-0.2, 0) is 9.59 Å². The summed E-state index contributed by atoms with van der Waals surface area (Å²) in [6.07, 6.45) is 4.80. The Morgan fingerprint density at radius 1 is 1.20 bits per heavy atom. The summed E-state index contributed by atoms with van der Waals surface area (Å²) in [5.74, 6) is 0.858. The van der Waals surface area contributed by atoms with E-state index in [1.807, 2.05) is 24.3 Å². The van der Waals surface area contributed by atoms with Crippen LogP contribution in [0.5, 0.6) is 5.75 Å². The topological polar surface area (TPSA) is 58.6 Å². The van der Waals surface area contributed by atoms with Gasteiger partial charge in [0.1, 0.15) is 5.75 Å². The first-order valence-corrected chi connectivity index (χ1v) is 10.1.